The van der Waals surface area contributed by atoms with Crippen LogP contribution in [0.5, 0.6) is 0 Å². The van der Waals surface area contributed by atoms with Gasteiger partial charge < -0.3 is 15.4 Å². The second-order valence-electron chi connectivity index (χ2n) is 8.02. The number of nitrogen functional groups attached to an aromatic ring is 1. The highest BCUT2D eigenvalue weighted by atomic mass is 19.1. The molecule has 0 saturated carbocycles. The van der Waals surface area contributed by atoms with Crippen molar-refractivity contribution in [1.29, 1.82) is 0 Å². The number of pyridine rings is 1. The van der Waals surface area contributed by atoms with E-state index in [4.69, 9.17) is 10.5 Å². The number of anilines is 1. The van der Waals surface area contributed by atoms with Crippen molar-refractivity contribution in [3.63, 3.8) is 0 Å². The predicted octanol–water partition coefficient (Wildman–Crippen LogP) is 5.09. The molecule has 1 aromatic carbocycles. The molecule has 8 nitrogen and oxygen atoms in total. The van der Waals surface area contributed by atoms with Gasteiger partial charge in [-0.15, -0.1) is 0 Å². The number of hydrogen-bond acceptors (Lipinski definition) is 6. The van der Waals surface area contributed by atoms with E-state index in [0.717, 1.165) is 0 Å². The van der Waals surface area contributed by atoms with Gasteiger partial charge in [-0.05, 0) is 44.8 Å². The first-order valence-corrected chi connectivity index (χ1v) is 12.3. The van der Waals surface area contributed by atoms with E-state index >= 15 is 0 Å². The minimum Gasteiger partial charge on any atom is -0.384 e. The normalized spacial score (nSPS) is 12.5. The van der Waals surface area contributed by atoms with Gasteiger partial charge in [-0.25, -0.2) is 13.8 Å². The number of rotatable bonds is 5. The SMILES string of the molecule is CC.CC.COC(C)N(C)C.Cn1cc(-c2cc(F)c(CN3Cc4ccc(N)nc4C3=O)c(F)c2)cn1. The van der Waals surface area contributed by atoms with Crippen molar-refractivity contribution in [3.8, 4) is 11.1 Å². The number of carbonyl (C=O) groups excluding carboxylic acids is 1. The fourth-order valence-electron chi connectivity index (χ4n) is 3.26. The lowest BCUT2D eigenvalue weighted by Gasteiger charge is -2.17. The average molecular weight is 519 g/mol. The van der Waals surface area contributed by atoms with Crippen molar-refractivity contribution in [3.05, 3.63) is 65.1 Å². The lowest BCUT2D eigenvalue weighted by Crippen LogP contribution is -2.25. The Labute approximate surface area is 219 Å². The topological polar surface area (TPSA) is 89.5 Å². The summed E-state index contributed by atoms with van der Waals surface area (Å²) in [6.07, 6.45) is 3.44. The molecule has 1 unspecified atom stereocenters. The third-order valence-corrected chi connectivity index (χ3v) is 5.45. The number of aromatic nitrogens is 3. The van der Waals surface area contributed by atoms with Crippen LogP contribution in [-0.4, -0.2) is 57.9 Å². The highest BCUT2D eigenvalue weighted by Crippen LogP contribution is 2.28. The third kappa shape index (κ3) is 8.33. The Morgan fingerprint density at radius 2 is 1.70 bits per heavy atom. The maximum Gasteiger partial charge on any atom is 0.273 e. The molecule has 3 aromatic rings. The minimum atomic E-state index is -0.708. The molecule has 37 heavy (non-hydrogen) atoms. The number of methoxy groups -OCH3 is 1. The maximum atomic E-state index is 14.5. The van der Waals surface area contributed by atoms with E-state index in [1.165, 1.54) is 23.2 Å². The first kappa shape index (κ1) is 31.7. The molecular formula is C27H40F2N6O2. The summed E-state index contributed by atoms with van der Waals surface area (Å²) in [5.41, 5.74) is 7.37. The van der Waals surface area contributed by atoms with Gasteiger partial charge in [-0.2, -0.15) is 5.10 Å². The van der Waals surface area contributed by atoms with Crippen molar-refractivity contribution in [2.45, 2.75) is 53.9 Å². The number of nitrogens with two attached hydrogens (primary N) is 1. The third-order valence-electron chi connectivity index (χ3n) is 5.45. The largest absolute Gasteiger partial charge is 0.384 e. The van der Waals surface area contributed by atoms with Crippen molar-refractivity contribution in [1.82, 2.24) is 24.6 Å². The van der Waals surface area contributed by atoms with E-state index in [1.807, 2.05) is 53.6 Å². The van der Waals surface area contributed by atoms with Crippen LogP contribution in [0.1, 0.15) is 56.2 Å². The zero-order valence-corrected chi connectivity index (χ0v) is 23.3. The van der Waals surface area contributed by atoms with Crippen LogP contribution in [0.25, 0.3) is 11.1 Å². The Hall–Kier alpha value is -3.37. The summed E-state index contributed by atoms with van der Waals surface area (Å²) in [6.45, 7) is 10.1. The Morgan fingerprint density at radius 3 is 2.16 bits per heavy atom. The number of halogens is 2. The molecule has 2 N–H and O–H groups in total. The molecule has 1 atom stereocenters. The number of carbonyl (C=O) groups is 1. The Bertz CT molecular complexity index is 1130. The van der Waals surface area contributed by atoms with Crippen molar-refractivity contribution < 1.29 is 18.3 Å². The molecule has 3 heterocycles. The fourth-order valence-corrected chi connectivity index (χ4v) is 3.26. The van der Waals surface area contributed by atoms with Gasteiger partial charge in [-0.3, -0.25) is 14.4 Å². The molecule has 2 aromatic heterocycles. The number of amides is 1. The summed E-state index contributed by atoms with van der Waals surface area (Å²) < 4.78 is 35.6. The number of ether oxygens (including phenoxy) is 1. The monoisotopic (exact) mass is 518 g/mol. The van der Waals surface area contributed by atoms with E-state index in [0.29, 0.717) is 16.7 Å². The molecule has 1 amide bonds. The second kappa shape index (κ2) is 15.0. The Kier molecular flexibility index (Phi) is 12.8. The molecule has 0 bridgehead atoms. The van der Waals surface area contributed by atoms with Crippen LogP contribution in [0.4, 0.5) is 14.6 Å². The van der Waals surface area contributed by atoms with Crippen molar-refractivity contribution in [2.75, 3.05) is 26.9 Å². The predicted molar refractivity (Wildman–Crippen MR) is 144 cm³/mol. The van der Waals surface area contributed by atoms with E-state index in [-0.39, 0.29) is 42.3 Å². The van der Waals surface area contributed by atoms with Crippen molar-refractivity contribution in [2.24, 2.45) is 7.05 Å². The summed E-state index contributed by atoms with van der Waals surface area (Å²) in [6, 6.07) is 5.80. The molecule has 4 rings (SSSR count). The molecule has 0 fully saturated rings. The number of hydrogen-bond donors (Lipinski definition) is 1. The first-order chi connectivity index (χ1) is 17.6. The summed E-state index contributed by atoms with van der Waals surface area (Å²) in [4.78, 5) is 19.8. The van der Waals surface area contributed by atoms with Gasteiger partial charge in [0.2, 0.25) is 0 Å². The van der Waals surface area contributed by atoms with Crippen LogP contribution >= 0.6 is 0 Å². The van der Waals surface area contributed by atoms with E-state index in [2.05, 4.69) is 10.1 Å². The zero-order chi connectivity index (χ0) is 28.3. The van der Waals surface area contributed by atoms with E-state index in [9.17, 15) is 13.6 Å². The highest BCUT2D eigenvalue weighted by Gasteiger charge is 2.30. The zero-order valence-electron chi connectivity index (χ0n) is 23.3. The summed E-state index contributed by atoms with van der Waals surface area (Å²) in [5.74, 6) is -1.57. The molecule has 0 radical (unpaired) electrons. The number of benzene rings is 1. The maximum absolute atomic E-state index is 14.5. The molecule has 0 spiro atoms. The van der Waals surface area contributed by atoms with Crippen LogP contribution in [0.15, 0.2) is 36.7 Å². The van der Waals surface area contributed by atoms with Gasteiger partial charge in [0, 0.05) is 43.6 Å². The van der Waals surface area contributed by atoms with Crippen LogP contribution in [0.2, 0.25) is 0 Å². The Morgan fingerprint density at radius 1 is 1.11 bits per heavy atom. The average Bonchev–Trinajstić information content (AvgIpc) is 3.46. The number of fused-ring (bicyclic) bond motifs is 1. The molecule has 1 aliphatic rings. The molecule has 0 saturated heterocycles. The fraction of sp³-hybridized carbons (Fsp3) is 0.444. The van der Waals surface area contributed by atoms with Gasteiger partial charge in [-0.1, -0.05) is 33.8 Å². The first-order valence-electron chi connectivity index (χ1n) is 12.3. The van der Waals surface area contributed by atoms with Crippen LogP contribution in [0.3, 0.4) is 0 Å². The second-order valence-corrected chi connectivity index (χ2v) is 8.02. The summed E-state index contributed by atoms with van der Waals surface area (Å²) in [5, 5.41) is 4.00. The quantitative estimate of drug-likeness (QED) is 0.473. The molecular weight excluding hydrogens is 478 g/mol. The molecule has 0 aliphatic carbocycles. The van der Waals surface area contributed by atoms with Crippen molar-refractivity contribution >= 4 is 11.7 Å². The standard InChI is InChI=1S/C18H15F2N5O.C5H13NO.2C2H6/c1-24-7-12(6-22-24)11-4-14(19)13(15(20)5-11)9-25-8-10-2-3-16(21)23-17(10)18(25)26;1-5(7-4)6(2)3;2*1-2/h2-7H,8-9H2,1H3,(H2,21,23);5H,1-4H3;2*1-2H3. The van der Waals surface area contributed by atoms with Crippen LogP contribution < -0.4 is 5.73 Å². The lowest BCUT2D eigenvalue weighted by atomic mass is 10.1. The summed E-state index contributed by atoms with van der Waals surface area (Å²) >= 11 is 0. The van der Waals surface area contributed by atoms with Gasteiger partial charge >= 0.3 is 0 Å². The summed E-state index contributed by atoms with van der Waals surface area (Å²) in [7, 11) is 7.38. The van der Waals surface area contributed by atoms with Gasteiger partial charge in [0.25, 0.3) is 5.91 Å². The number of nitrogens with zero attached hydrogens (tertiary/aromatic N) is 5. The van der Waals surface area contributed by atoms with Gasteiger partial charge in [0.1, 0.15) is 29.4 Å². The molecule has 10 heteroatoms. The molecule has 204 valence electrons. The lowest BCUT2D eigenvalue weighted by molar-refractivity contribution is 0.0116. The van der Waals surface area contributed by atoms with Crippen LogP contribution in [0, 0.1) is 11.6 Å². The van der Waals surface area contributed by atoms with E-state index in [1.54, 1.807) is 37.2 Å². The van der Waals surface area contributed by atoms with Gasteiger partial charge in [0.05, 0.1) is 12.7 Å². The van der Waals surface area contributed by atoms with Gasteiger partial charge in [0.15, 0.2) is 0 Å². The Balaban J connectivity index is 0.000000535. The number of aryl methyl sites for hydroxylation is 1. The van der Waals surface area contributed by atoms with E-state index < -0.39 is 11.6 Å². The minimum absolute atomic E-state index is 0.160. The molecule has 1 aliphatic heterocycles. The van der Waals surface area contributed by atoms with Crippen LogP contribution in [-0.2, 0) is 24.9 Å². The smallest absolute Gasteiger partial charge is 0.273 e. The highest BCUT2D eigenvalue weighted by molar-refractivity contribution is 5.96.